The van der Waals surface area contributed by atoms with E-state index >= 15 is 0 Å². The van der Waals surface area contributed by atoms with Crippen molar-refractivity contribution in [2.75, 3.05) is 18.1 Å². The second kappa shape index (κ2) is 9.05. The number of benzene rings is 1. The van der Waals surface area contributed by atoms with E-state index in [1.165, 1.54) is 36.3 Å². The molecule has 2 aromatic rings. The van der Waals surface area contributed by atoms with Gasteiger partial charge in [-0.15, -0.1) is 0 Å². The van der Waals surface area contributed by atoms with Crippen LogP contribution in [0.4, 0.5) is 0 Å². The maximum atomic E-state index is 12.9. The van der Waals surface area contributed by atoms with E-state index in [1.807, 2.05) is 0 Å². The predicted molar refractivity (Wildman–Crippen MR) is 119 cm³/mol. The van der Waals surface area contributed by atoms with Crippen LogP contribution in [0.25, 0.3) is 0 Å². The van der Waals surface area contributed by atoms with E-state index in [4.69, 9.17) is 9.15 Å². The number of likely N-dealkylation sites (N-methyl/N-ethyl adjacent to an activating group) is 1. The molecule has 3 amide bonds. The standard InChI is InChI=1S/C23H24N2O8S/c1-3-24(16-8-10-34(30,31)13-16)20(26)14(2)33-23(29)15-6-7-18-19(11-15)22(28)25(21(18)27)12-17-5-4-9-32-17/h4-7,9,11,14,16H,3,8,10,12-13H2,1-2H3/t14-,16+/m1/s1. The lowest BCUT2D eigenvalue weighted by molar-refractivity contribution is -0.141. The summed E-state index contributed by atoms with van der Waals surface area (Å²) < 4.78 is 34.1. The van der Waals surface area contributed by atoms with Crippen LogP contribution in [-0.2, 0) is 25.9 Å². The molecule has 2 atom stereocenters. The van der Waals surface area contributed by atoms with Gasteiger partial charge in [-0.25, -0.2) is 13.2 Å². The van der Waals surface area contributed by atoms with Gasteiger partial charge in [-0.2, -0.15) is 0 Å². The van der Waals surface area contributed by atoms with E-state index in [0.29, 0.717) is 12.2 Å². The van der Waals surface area contributed by atoms with Crippen LogP contribution in [0.1, 0.15) is 57.1 Å². The summed E-state index contributed by atoms with van der Waals surface area (Å²) in [6.45, 7) is 3.39. The number of imide groups is 1. The van der Waals surface area contributed by atoms with Crippen molar-refractivity contribution in [3.8, 4) is 0 Å². The Kier molecular flexibility index (Phi) is 6.30. The molecule has 10 nitrogen and oxygen atoms in total. The van der Waals surface area contributed by atoms with E-state index in [2.05, 4.69) is 0 Å². The zero-order valence-corrected chi connectivity index (χ0v) is 19.5. The maximum absolute atomic E-state index is 12.9. The number of hydrogen-bond acceptors (Lipinski definition) is 8. The van der Waals surface area contributed by atoms with E-state index in [9.17, 15) is 27.6 Å². The Morgan fingerprint density at radius 1 is 1.21 bits per heavy atom. The molecule has 0 spiro atoms. The number of fused-ring (bicyclic) bond motifs is 1. The quantitative estimate of drug-likeness (QED) is 0.425. The van der Waals surface area contributed by atoms with E-state index in [0.717, 1.165) is 4.90 Å². The highest BCUT2D eigenvalue weighted by Crippen LogP contribution is 2.26. The topological polar surface area (TPSA) is 131 Å². The predicted octanol–water partition coefficient (Wildman–Crippen LogP) is 1.66. The van der Waals surface area contributed by atoms with Gasteiger partial charge < -0.3 is 14.1 Å². The van der Waals surface area contributed by atoms with Crippen molar-refractivity contribution in [2.24, 2.45) is 0 Å². The van der Waals surface area contributed by atoms with Crippen molar-refractivity contribution in [2.45, 2.75) is 39.0 Å². The lowest BCUT2D eigenvalue weighted by Gasteiger charge is -2.29. The molecule has 1 fully saturated rings. The normalized spacial score (nSPS) is 19.7. The summed E-state index contributed by atoms with van der Waals surface area (Å²) in [5, 5.41) is 0. The van der Waals surface area contributed by atoms with Gasteiger partial charge in [0.05, 0.1) is 41.0 Å². The average Bonchev–Trinajstić information content (AvgIpc) is 3.50. The van der Waals surface area contributed by atoms with Gasteiger partial charge in [0.25, 0.3) is 17.7 Å². The van der Waals surface area contributed by atoms with E-state index in [1.54, 1.807) is 19.1 Å². The lowest BCUT2D eigenvalue weighted by Crippen LogP contribution is -2.46. The molecule has 0 N–H and O–H groups in total. The highest BCUT2D eigenvalue weighted by molar-refractivity contribution is 7.91. The molecule has 3 heterocycles. The summed E-state index contributed by atoms with van der Waals surface area (Å²) in [6, 6.07) is 6.86. The minimum atomic E-state index is -3.18. The van der Waals surface area contributed by atoms with Crippen LogP contribution in [0.2, 0.25) is 0 Å². The first kappa shape index (κ1) is 23.7. The number of hydrogen-bond donors (Lipinski definition) is 0. The summed E-state index contributed by atoms with van der Waals surface area (Å²) >= 11 is 0. The van der Waals surface area contributed by atoms with Crippen LogP contribution < -0.4 is 0 Å². The molecular weight excluding hydrogens is 464 g/mol. The Morgan fingerprint density at radius 3 is 2.56 bits per heavy atom. The third-order valence-corrected chi connectivity index (χ3v) is 7.76. The van der Waals surface area contributed by atoms with Crippen molar-refractivity contribution in [3.05, 3.63) is 59.0 Å². The molecule has 11 heteroatoms. The summed E-state index contributed by atoms with van der Waals surface area (Å²) in [7, 11) is -3.18. The smallest absolute Gasteiger partial charge is 0.338 e. The van der Waals surface area contributed by atoms with Crippen LogP contribution in [0, 0.1) is 0 Å². The fourth-order valence-corrected chi connectivity index (χ4v) is 5.98. The minimum absolute atomic E-state index is 0.0193. The minimum Gasteiger partial charge on any atom is -0.467 e. The molecular formula is C23H24N2O8S. The molecule has 180 valence electrons. The molecule has 1 aromatic carbocycles. The molecule has 0 unspecified atom stereocenters. The first-order valence-electron chi connectivity index (χ1n) is 10.9. The van der Waals surface area contributed by atoms with Crippen LogP contribution in [0.5, 0.6) is 0 Å². The number of amides is 3. The third-order valence-electron chi connectivity index (χ3n) is 6.00. The number of carbonyl (C=O) groups excluding carboxylic acids is 4. The second-order valence-corrected chi connectivity index (χ2v) is 10.5. The fraction of sp³-hybridized carbons (Fsp3) is 0.391. The molecule has 2 aliphatic heterocycles. The number of nitrogens with zero attached hydrogens (tertiary/aromatic N) is 2. The Labute approximate surface area is 196 Å². The number of furan rings is 1. The van der Waals surface area contributed by atoms with E-state index in [-0.39, 0.29) is 41.3 Å². The first-order chi connectivity index (χ1) is 16.1. The van der Waals surface area contributed by atoms with Gasteiger partial charge >= 0.3 is 5.97 Å². The Hall–Kier alpha value is -3.47. The van der Waals surface area contributed by atoms with Gasteiger partial charge in [0.1, 0.15) is 5.76 Å². The number of esters is 1. The monoisotopic (exact) mass is 488 g/mol. The van der Waals surface area contributed by atoms with Crippen molar-refractivity contribution in [1.82, 2.24) is 9.80 Å². The Bertz CT molecular complexity index is 1250. The third kappa shape index (κ3) is 4.47. The maximum Gasteiger partial charge on any atom is 0.338 e. The highest BCUT2D eigenvalue weighted by atomic mass is 32.2. The second-order valence-electron chi connectivity index (χ2n) is 8.26. The first-order valence-corrected chi connectivity index (χ1v) is 12.7. The number of ether oxygens (including phenoxy) is 1. The SMILES string of the molecule is CCN(C(=O)[C@@H](C)OC(=O)c1ccc2c(c1)C(=O)N(Cc1ccco1)C2=O)[C@H]1CCS(=O)(=O)C1. The molecule has 1 aromatic heterocycles. The molecule has 0 radical (unpaired) electrons. The molecule has 1 saturated heterocycles. The fourth-order valence-electron chi connectivity index (χ4n) is 4.25. The van der Waals surface area contributed by atoms with Gasteiger partial charge in [0, 0.05) is 12.6 Å². The summed E-state index contributed by atoms with van der Waals surface area (Å²) in [5.74, 6) is -2.02. The summed E-state index contributed by atoms with van der Waals surface area (Å²) in [6.07, 6.45) is 0.629. The van der Waals surface area contributed by atoms with Crippen molar-refractivity contribution >= 4 is 33.5 Å². The van der Waals surface area contributed by atoms with Crippen LogP contribution in [-0.4, -0.2) is 72.1 Å². The van der Waals surface area contributed by atoms with Gasteiger partial charge in [-0.05, 0) is 50.6 Å². The van der Waals surface area contributed by atoms with Crippen LogP contribution in [0.3, 0.4) is 0 Å². The van der Waals surface area contributed by atoms with Crippen molar-refractivity contribution < 1.29 is 36.7 Å². The van der Waals surface area contributed by atoms with Crippen LogP contribution >= 0.6 is 0 Å². The van der Waals surface area contributed by atoms with Gasteiger partial charge in [-0.3, -0.25) is 19.3 Å². The van der Waals surface area contributed by atoms with E-state index < -0.39 is 45.7 Å². The number of rotatable bonds is 7. The Morgan fingerprint density at radius 2 is 1.94 bits per heavy atom. The molecule has 2 aliphatic rings. The Balaban J connectivity index is 1.45. The molecule has 0 saturated carbocycles. The molecule has 0 bridgehead atoms. The lowest BCUT2D eigenvalue weighted by atomic mass is 10.1. The number of carbonyl (C=O) groups is 4. The average molecular weight is 489 g/mol. The number of sulfone groups is 1. The zero-order chi connectivity index (χ0) is 24.6. The van der Waals surface area contributed by atoms with Gasteiger partial charge in [0.15, 0.2) is 15.9 Å². The van der Waals surface area contributed by atoms with Crippen molar-refractivity contribution in [1.29, 1.82) is 0 Å². The highest BCUT2D eigenvalue weighted by Gasteiger charge is 2.38. The molecule has 34 heavy (non-hydrogen) atoms. The van der Waals surface area contributed by atoms with Crippen LogP contribution in [0.15, 0.2) is 41.0 Å². The summed E-state index contributed by atoms with van der Waals surface area (Å²) in [5.41, 5.74) is 0.249. The largest absolute Gasteiger partial charge is 0.467 e. The van der Waals surface area contributed by atoms with Crippen molar-refractivity contribution in [3.63, 3.8) is 0 Å². The van der Waals surface area contributed by atoms with Gasteiger partial charge in [0.2, 0.25) is 0 Å². The zero-order valence-electron chi connectivity index (χ0n) is 18.7. The summed E-state index contributed by atoms with van der Waals surface area (Å²) in [4.78, 5) is 53.4. The molecule has 0 aliphatic carbocycles. The molecule has 4 rings (SSSR count). The van der Waals surface area contributed by atoms with Gasteiger partial charge in [-0.1, -0.05) is 0 Å².